The third-order valence-corrected chi connectivity index (χ3v) is 10.3. The number of nitrogens with one attached hydrogen (secondary N) is 1. The Morgan fingerprint density at radius 2 is 1.73 bits per heavy atom. The molecule has 0 spiro atoms. The first-order valence-electron chi connectivity index (χ1n) is 13.9. The summed E-state index contributed by atoms with van der Waals surface area (Å²) in [4.78, 5) is 28.8. The fourth-order valence-electron chi connectivity index (χ4n) is 8.51. The van der Waals surface area contributed by atoms with Gasteiger partial charge in [0.05, 0.1) is 0 Å². The summed E-state index contributed by atoms with van der Waals surface area (Å²) in [5.74, 6) is 2.85. The van der Waals surface area contributed by atoms with Crippen molar-refractivity contribution in [2.45, 2.75) is 64.8 Å². The molecule has 2 aromatic rings. The Kier molecular flexibility index (Phi) is 5.93. The molecule has 0 bridgehead atoms. The lowest BCUT2D eigenvalue weighted by Gasteiger charge is -2.60. The number of amides is 2. The zero-order valence-corrected chi connectivity index (χ0v) is 22.2. The van der Waals surface area contributed by atoms with Gasteiger partial charge in [0.25, 0.3) is 11.8 Å². The van der Waals surface area contributed by atoms with Crippen molar-refractivity contribution in [1.82, 2.24) is 4.90 Å². The van der Waals surface area contributed by atoms with Crippen LogP contribution in [0.4, 0.5) is 5.69 Å². The summed E-state index contributed by atoms with van der Waals surface area (Å²) in [6, 6.07) is 17.0. The minimum Gasteiger partial charge on any atom is -0.457 e. The number of likely N-dealkylation sites (N-methyl/N-ethyl adjacent to an activating group) is 1. The SMILES string of the molecule is CN1C(=O)C(C(=O)Nc2cccc(Oc3ccccc3)c2)=C[C@@]2(C)C1CC[C@@H]1[C@H]2CC[C@]2(C)CCC[C@@H]12. The van der Waals surface area contributed by atoms with Crippen LogP contribution in [0.1, 0.15) is 58.8 Å². The van der Waals surface area contributed by atoms with Crippen LogP contribution < -0.4 is 10.1 Å². The Morgan fingerprint density at radius 1 is 0.946 bits per heavy atom. The van der Waals surface area contributed by atoms with E-state index in [-0.39, 0.29) is 28.8 Å². The molecule has 1 N–H and O–H groups in total. The normalized spacial score (nSPS) is 34.6. The number of rotatable bonds is 4. The summed E-state index contributed by atoms with van der Waals surface area (Å²) in [6.07, 6.45) is 10.8. The molecule has 3 saturated carbocycles. The van der Waals surface area contributed by atoms with E-state index in [1.807, 2.05) is 60.5 Å². The van der Waals surface area contributed by atoms with E-state index in [1.54, 1.807) is 6.07 Å². The van der Waals surface area contributed by atoms with Gasteiger partial charge in [0.15, 0.2) is 0 Å². The van der Waals surface area contributed by atoms with Gasteiger partial charge in [-0.25, -0.2) is 0 Å². The van der Waals surface area contributed by atoms with Crippen molar-refractivity contribution in [3.8, 4) is 11.5 Å². The number of fused-ring (bicyclic) bond motifs is 5. The Hall–Kier alpha value is -3.08. The Labute approximate surface area is 220 Å². The highest BCUT2D eigenvalue weighted by molar-refractivity contribution is 6.23. The lowest BCUT2D eigenvalue weighted by Crippen LogP contribution is -2.60. The molecule has 194 valence electrons. The van der Waals surface area contributed by atoms with E-state index in [0.717, 1.165) is 18.1 Å². The molecule has 4 aliphatic rings. The first kappa shape index (κ1) is 24.3. The van der Waals surface area contributed by atoms with Gasteiger partial charge in [-0.15, -0.1) is 0 Å². The number of benzene rings is 2. The minimum atomic E-state index is -0.336. The topological polar surface area (TPSA) is 58.6 Å². The Balaban J connectivity index is 1.26. The van der Waals surface area contributed by atoms with Crippen molar-refractivity contribution < 1.29 is 14.3 Å². The number of nitrogens with zero attached hydrogens (tertiary/aromatic N) is 1. The Bertz CT molecular complexity index is 1240. The number of hydrogen-bond donors (Lipinski definition) is 1. The van der Waals surface area contributed by atoms with Crippen LogP contribution in [0.3, 0.4) is 0 Å². The lowest BCUT2D eigenvalue weighted by molar-refractivity contribution is -0.141. The average Bonchev–Trinajstić information content (AvgIpc) is 3.29. The van der Waals surface area contributed by atoms with Crippen molar-refractivity contribution in [3.63, 3.8) is 0 Å². The van der Waals surface area contributed by atoms with Gasteiger partial charge in [0.2, 0.25) is 0 Å². The van der Waals surface area contributed by atoms with E-state index in [4.69, 9.17) is 4.74 Å². The highest BCUT2D eigenvalue weighted by Gasteiger charge is 2.59. The van der Waals surface area contributed by atoms with Crippen LogP contribution >= 0.6 is 0 Å². The number of hydrogen-bond acceptors (Lipinski definition) is 3. The zero-order valence-electron chi connectivity index (χ0n) is 22.2. The Morgan fingerprint density at radius 3 is 2.54 bits per heavy atom. The van der Waals surface area contributed by atoms with Crippen LogP contribution in [0.5, 0.6) is 11.5 Å². The van der Waals surface area contributed by atoms with Crippen LogP contribution in [-0.2, 0) is 9.59 Å². The van der Waals surface area contributed by atoms with E-state index in [2.05, 4.69) is 25.2 Å². The maximum atomic E-state index is 13.5. The number of ether oxygens (including phenoxy) is 1. The number of anilines is 1. The summed E-state index contributed by atoms with van der Waals surface area (Å²) in [7, 11) is 1.89. The van der Waals surface area contributed by atoms with Gasteiger partial charge in [0, 0.05) is 30.3 Å². The number of para-hydroxylation sites is 1. The third-order valence-electron chi connectivity index (χ3n) is 10.3. The second-order valence-electron chi connectivity index (χ2n) is 12.3. The van der Waals surface area contributed by atoms with Crippen LogP contribution in [0, 0.1) is 28.6 Å². The number of carbonyl (C=O) groups excluding carboxylic acids is 2. The van der Waals surface area contributed by atoms with E-state index >= 15 is 0 Å². The van der Waals surface area contributed by atoms with Crippen molar-refractivity contribution in [1.29, 1.82) is 0 Å². The van der Waals surface area contributed by atoms with Gasteiger partial charge in [-0.2, -0.15) is 0 Å². The molecule has 3 fully saturated rings. The summed E-state index contributed by atoms with van der Waals surface area (Å²) in [6.45, 7) is 4.83. The highest BCUT2D eigenvalue weighted by atomic mass is 16.5. The predicted octanol–water partition coefficient (Wildman–Crippen LogP) is 6.82. The molecule has 5 heteroatoms. The largest absolute Gasteiger partial charge is 0.457 e. The molecule has 2 amide bonds. The third kappa shape index (κ3) is 4.07. The molecule has 5 nitrogen and oxygen atoms in total. The van der Waals surface area contributed by atoms with E-state index < -0.39 is 0 Å². The van der Waals surface area contributed by atoms with E-state index in [9.17, 15) is 9.59 Å². The second-order valence-corrected chi connectivity index (χ2v) is 12.3. The van der Waals surface area contributed by atoms with Crippen molar-refractivity contribution >= 4 is 17.5 Å². The molecule has 1 aliphatic heterocycles. The minimum absolute atomic E-state index is 0.158. The maximum absolute atomic E-state index is 13.5. The van der Waals surface area contributed by atoms with Gasteiger partial charge in [-0.3, -0.25) is 9.59 Å². The molecule has 1 unspecified atom stereocenters. The van der Waals surface area contributed by atoms with Gasteiger partial charge in [0.1, 0.15) is 17.1 Å². The maximum Gasteiger partial charge on any atom is 0.260 e. The van der Waals surface area contributed by atoms with Crippen LogP contribution in [0.25, 0.3) is 0 Å². The molecule has 0 saturated heterocycles. The van der Waals surface area contributed by atoms with Crippen LogP contribution in [-0.4, -0.2) is 29.8 Å². The zero-order chi connectivity index (χ0) is 25.8. The quantitative estimate of drug-likeness (QED) is 0.471. The molecular formula is C32H38N2O3. The highest BCUT2D eigenvalue weighted by Crippen LogP contribution is 2.64. The summed E-state index contributed by atoms with van der Waals surface area (Å²) >= 11 is 0. The molecule has 6 rings (SSSR count). The second kappa shape index (κ2) is 9.04. The lowest BCUT2D eigenvalue weighted by atomic mass is 9.48. The number of carbonyl (C=O) groups is 2. The van der Waals surface area contributed by atoms with Gasteiger partial charge >= 0.3 is 0 Å². The summed E-state index contributed by atoms with van der Waals surface area (Å²) in [5.41, 5.74) is 1.19. The molecule has 1 heterocycles. The van der Waals surface area contributed by atoms with Crippen LogP contribution in [0.15, 0.2) is 66.2 Å². The van der Waals surface area contributed by atoms with Crippen molar-refractivity contribution in [2.75, 3.05) is 12.4 Å². The molecule has 2 aromatic carbocycles. The standard InChI is InChI=1S/C32H38N2O3/c1-31-17-8-13-26(31)24-14-15-28-32(2,27(24)16-18-31)20-25(30(36)34(28)3)29(35)33-21-9-7-12-23(19-21)37-22-10-5-4-6-11-22/h4-7,9-12,19-20,24,26-28H,8,13-18H2,1-3H3,(H,33,35)/t24-,26-,27+,28?,31-,32+/m0/s1. The fraction of sp³-hybridized carbons (Fsp3) is 0.500. The van der Waals surface area contributed by atoms with Gasteiger partial charge in [-0.1, -0.05) is 50.6 Å². The molecule has 0 aromatic heterocycles. The molecule has 6 atom stereocenters. The van der Waals surface area contributed by atoms with Crippen molar-refractivity contribution in [2.24, 2.45) is 28.6 Å². The summed E-state index contributed by atoms with van der Waals surface area (Å²) in [5, 5.41) is 2.98. The average molecular weight is 499 g/mol. The smallest absolute Gasteiger partial charge is 0.260 e. The molecule has 3 aliphatic carbocycles. The fourth-order valence-corrected chi connectivity index (χ4v) is 8.51. The molecular weight excluding hydrogens is 460 g/mol. The van der Waals surface area contributed by atoms with E-state index in [1.165, 1.54) is 38.5 Å². The predicted molar refractivity (Wildman–Crippen MR) is 145 cm³/mol. The first-order chi connectivity index (χ1) is 17.8. The van der Waals surface area contributed by atoms with Crippen molar-refractivity contribution in [3.05, 3.63) is 66.2 Å². The first-order valence-corrected chi connectivity index (χ1v) is 13.9. The van der Waals surface area contributed by atoms with Gasteiger partial charge in [-0.05, 0) is 86.0 Å². The van der Waals surface area contributed by atoms with Crippen LogP contribution in [0.2, 0.25) is 0 Å². The van der Waals surface area contributed by atoms with Gasteiger partial charge < -0.3 is 15.0 Å². The van der Waals surface area contributed by atoms with E-state index in [0.29, 0.717) is 28.7 Å². The molecule has 37 heavy (non-hydrogen) atoms. The molecule has 0 radical (unpaired) electrons. The monoisotopic (exact) mass is 498 g/mol. The summed E-state index contributed by atoms with van der Waals surface area (Å²) < 4.78 is 5.93.